The summed E-state index contributed by atoms with van der Waals surface area (Å²) in [6.07, 6.45) is 6.90. The van der Waals surface area contributed by atoms with E-state index in [1.165, 1.54) is 41.9 Å². The second-order valence-corrected chi connectivity index (χ2v) is 6.47. The molecule has 0 amide bonds. The average Bonchev–Trinajstić information content (AvgIpc) is 2.74. The van der Waals surface area contributed by atoms with Gasteiger partial charge in [0.1, 0.15) is 0 Å². The highest BCUT2D eigenvalue weighted by molar-refractivity contribution is 8.24. The maximum absolute atomic E-state index is 2.24. The summed E-state index contributed by atoms with van der Waals surface area (Å²) < 4.78 is 1.58. The molecule has 0 nitrogen and oxygen atoms in total. The van der Waals surface area contributed by atoms with E-state index in [1.54, 1.807) is 9.81 Å². The molecule has 0 N–H and O–H groups in total. The van der Waals surface area contributed by atoms with Crippen LogP contribution in [0.15, 0.2) is 43.9 Å². The van der Waals surface area contributed by atoms with Crippen molar-refractivity contribution < 1.29 is 0 Å². The number of hydrogen-bond donors (Lipinski definition) is 0. The van der Waals surface area contributed by atoms with Crippen molar-refractivity contribution in [1.29, 1.82) is 0 Å². The quantitative estimate of drug-likeness (QED) is 0.615. The summed E-state index contributed by atoms with van der Waals surface area (Å²) in [5.74, 6) is 0. The van der Waals surface area contributed by atoms with Gasteiger partial charge in [-0.15, -0.1) is 0 Å². The molecule has 2 heteroatoms. The van der Waals surface area contributed by atoms with Gasteiger partial charge in [0.15, 0.2) is 0 Å². The third kappa shape index (κ3) is 1.98. The van der Waals surface area contributed by atoms with Crippen LogP contribution in [-0.2, 0) is 0 Å². The van der Waals surface area contributed by atoms with Crippen LogP contribution in [0.4, 0.5) is 0 Å². The van der Waals surface area contributed by atoms with Crippen LogP contribution < -0.4 is 0 Å². The standard InChI is InChI=1S/C13H14S2/c1-2-6-10(7-3-1)13-14-11-8-4-5-9-12(11)15-13/h4-5,8-9H,1-3,6-7H2. The van der Waals surface area contributed by atoms with Crippen LogP contribution >= 0.6 is 23.5 Å². The average molecular weight is 234 g/mol. The number of benzene rings is 1. The van der Waals surface area contributed by atoms with Gasteiger partial charge in [0.2, 0.25) is 0 Å². The van der Waals surface area contributed by atoms with Crippen LogP contribution in [0.1, 0.15) is 32.1 Å². The van der Waals surface area contributed by atoms with Gasteiger partial charge in [0.05, 0.1) is 0 Å². The molecule has 1 aliphatic heterocycles. The minimum Gasteiger partial charge on any atom is -0.0816 e. The fourth-order valence-electron chi connectivity index (χ4n) is 2.17. The molecular formula is C13H14S2. The van der Waals surface area contributed by atoms with Crippen molar-refractivity contribution in [3.8, 4) is 0 Å². The van der Waals surface area contributed by atoms with Crippen LogP contribution in [0, 0.1) is 0 Å². The molecule has 0 spiro atoms. The van der Waals surface area contributed by atoms with E-state index in [-0.39, 0.29) is 0 Å². The molecule has 78 valence electrons. The summed E-state index contributed by atoms with van der Waals surface area (Å²) in [5, 5.41) is 0. The minimum atomic E-state index is 1.34. The van der Waals surface area contributed by atoms with E-state index in [4.69, 9.17) is 0 Å². The lowest BCUT2D eigenvalue weighted by molar-refractivity contribution is 0.599. The molecule has 1 heterocycles. The van der Waals surface area contributed by atoms with Gasteiger partial charge >= 0.3 is 0 Å². The Kier molecular flexibility index (Phi) is 2.80. The number of rotatable bonds is 0. The van der Waals surface area contributed by atoms with Crippen molar-refractivity contribution >= 4 is 23.5 Å². The largest absolute Gasteiger partial charge is 0.0816 e. The van der Waals surface area contributed by atoms with E-state index in [2.05, 4.69) is 24.3 Å². The molecule has 0 bridgehead atoms. The number of allylic oxidation sites excluding steroid dienone is 1. The first-order chi connectivity index (χ1) is 7.43. The molecule has 2 aliphatic rings. The van der Waals surface area contributed by atoms with Gasteiger partial charge in [-0.25, -0.2) is 0 Å². The Balaban J connectivity index is 1.88. The maximum Gasteiger partial charge on any atom is 0.0491 e. The highest BCUT2D eigenvalue weighted by Gasteiger charge is 2.21. The van der Waals surface area contributed by atoms with Gasteiger partial charge in [-0.2, -0.15) is 0 Å². The first kappa shape index (κ1) is 9.86. The van der Waals surface area contributed by atoms with Crippen molar-refractivity contribution in [2.24, 2.45) is 0 Å². The van der Waals surface area contributed by atoms with Crippen LogP contribution in [-0.4, -0.2) is 0 Å². The Morgan fingerprint density at radius 3 is 2.00 bits per heavy atom. The van der Waals surface area contributed by atoms with Gasteiger partial charge in [0.25, 0.3) is 0 Å². The third-order valence-electron chi connectivity index (χ3n) is 3.00. The monoisotopic (exact) mass is 234 g/mol. The van der Waals surface area contributed by atoms with Crippen LogP contribution in [0.25, 0.3) is 0 Å². The number of hydrogen-bond acceptors (Lipinski definition) is 2. The van der Waals surface area contributed by atoms with E-state index in [0.29, 0.717) is 0 Å². The molecule has 15 heavy (non-hydrogen) atoms. The van der Waals surface area contributed by atoms with Crippen LogP contribution in [0.2, 0.25) is 0 Å². The molecule has 1 aliphatic carbocycles. The lowest BCUT2D eigenvalue weighted by Crippen LogP contribution is -1.94. The summed E-state index contributed by atoms with van der Waals surface area (Å²) in [7, 11) is 0. The molecule has 1 aromatic carbocycles. The molecule has 1 saturated carbocycles. The predicted molar refractivity (Wildman–Crippen MR) is 68.3 cm³/mol. The summed E-state index contributed by atoms with van der Waals surface area (Å²) in [4.78, 5) is 2.91. The van der Waals surface area contributed by atoms with Gasteiger partial charge in [-0.05, 0) is 43.4 Å². The number of thioether (sulfide) groups is 2. The van der Waals surface area contributed by atoms with E-state index in [9.17, 15) is 0 Å². The molecule has 0 atom stereocenters. The molecule has 0 aromatic heterocycles. The zero-order valence-electron chi connectivity index (χ0n) is 8.66. The smallest absolute Gasteiger partial charge is 0.0491 e. The third-order valence-corrected chi connectivity index (χ3v) is 5.73. The molecule has 0 saturated heterocycles. The van der Waals surface area contributed by atoms with E-state index in [1.807, 2.05) is 23.5 Å². The predicted octanol–water partition coefficient (Wildman–Crippen LogP) is 5.06. The minimum absolute atomic E-state index is 1.34. The van der Waals surface area contributed by atoms with Gasteiger partial charge in [-0.3, -0.25) is 0 Å². The summed E-state index contributed by atoms with van der Waals surface area (Å²) in [6, 6.07) is 8.76. The molecule has 1 fully saturated rings. The Hall–Kier alpha value is -0.340. The van der Waals surface area contributed by atoms with E-state index in [0.717, 1.165) is 0 Å². The molecule has 1 aromatic rings. The summed E-state index contributed by atoms with van der Waals surface area (Å²) in [5.41, 5.74) is 1.72. The van der Waals surface area contributed by atoms with Crippen molar-refractivity contribution in [2.45, 2.75) is 41.9 Å². The normalized spacial score (nSPS) is 20.5. The second-order valence-electron chi connectivity index (χ2n) is 4.10. The zero-order valence-corrected chi connectivity index (χ0v) is 10.3. The van der Waals surface area contributed by atoms with Crippen molar-refractivity contribution in [2.75, 3.05) is 0 Å². The Morgan fingerprint density at radius 2 is 1.40 bits per heavy atom. The molecular weight excluding hydrogens is 220 g/mol. The zero-order chi connectivity index (χ0) is 10.1. The highest BCUT2D eigenvalue weighted by Crippen LogP contribution is 2.53. The second kappa shape index (κ2) is 4.26. The summed E-state index contributed by atoms with van der Waals surface area (Å²) >= 11 is 3.97. The lowest BCUT2D eigenvalue weighted by Gasteiger charge is -2.15. The number of fused-ring (bicyclic) bond motifs is 1. The van der Waals surface area contributed by atoms with Gasteiger partial charge in [-0.1, -0.05) is 42.1 Å². The van der Waals surface area contributed by atoms with E-state index >= 15 is 0 Å². The topological polar surface area (TPSA) is 0 Å². The van der Waals surface area contributed by atoms with Gasteiger partial charge in [0, 0.05) is 14.0 Å². The van der Waals surface area contributed by atoms with Crippen molar-refractivity contribution in [1.82, 2.24) is 0 Å². The first-order valence-electron chi connectivity index (χ1n) is 5.60. The lowest BCUT2D eigenvalue weighted by atomic mass is 9.96. The fraction of sp³-hybridized carbons (Fsp3) is 0.385. The Labute approximate surface area is 99.5 Å². The van der Waals surface area contributed by atoms with Crippen LogP contribution in [0.5, 0.6) is 0 Å². The maximum atomic E-state index is 2.24. The van der Waals surface area contributed by atoms with Crippen molar-refractivity contribution in [3.05, 3.63) is 34.1 Å². The Bertz CT molecular complexity index is 372. The summed E-state index contributed by atoms with van der Waals surface area (Å²) in [6.45, 7) is 0. The first-order valence-corrected chi connectivity index (χ1v) is 7.23. The van der Waals surface area contributed by atoms with Gasteiger partial charge < -0.3 is 0 Å². The Morgan fingerprint density at radius 1 is 0.800 bits per heavy atom. The fourth-order valence-corrected chi connectivity index (χ4v) is 4.85. The van der Waals surface area contributed by atoms with Crippen LogP contribution in [0.3, 0.4) is 0 Å². The highest BCUT2D eigenvalue weighted by atomic mass is 32.2. The molecule has 0 radical (unpaired) electrons. The van der Waals surface area contributed by atoms with E-state index < -0.39 is 0 Å². The molecule has 3 rings (SSSR count). The van der Waals surface area contributed by atoms with Crippen molar-refractivity contribution in [3.63, 3.8) is 0 Å². The SMILES string of the molecule is c1ccc2c(c1)SC(=C1CCCCC1)S2. The molecule has 0 unspecified atom stereocenters.